The zero-order valence-electron chi connectivity index (χ0n) is 10.9. The quantitative estimate of drug-likeness (QED) is 0.537. The van der Waals surface area contributed by atoms with Gasteiger partial charge < -0.3 is 5.32 Å². The lowest BCUT2D eigenvalue weighted by Gasteiger charge is -2.06. The monoisotopic (exact) mass is 269 g/mol. The van der Waals surface area contributed by atoms with Crippen LogP contribution in [-0.2, 0) is 6.54 Å². The highest BCUT2D eigenvalue weighted by molar-refractivity contribution is 7.99. The maximum atomic E-state index is 3.44. The molecule has 0 aliphatic heterocycles. The minimum Gasteiger partial charge on any atom is -0.313 e. The fourth-order valence-corrected chi connectivity index (χ4v) is 3.10. The van der Waals surface area contributed by atoms with Crippen molar-refractivity contribution < 1.29 is 0 Å². The number of nitrogens with one attached hydrogen (secondary N) is 1. The Balaban J connectivity index is 2.31. The molecule has 0 bridgehead atoms. The van der Waals surface area contributed by atoms with E-state index < -0.39 is 0 Å². The van der Waals surface area contributed by atoms with Crippen molar-refractivity contribution >= 4 is 23.5 Å². The molecule has 0 saturated carbocycles. The van der Waals surface area contributed by atoms with Crippen LogP contribution >= 0.6 is 23.5 Å². The summed E-state index contributed by atoms with van der Waals surface area (Å²) in [6.45, 7) is 4.29. The summed E-state index contributed by atoms with van der Waals surface area (Å²) in [7, 11) is 0. The molecule has 0 saturated heterocycles. The van der Waals surface area contributed by atoms with E-state index in [4.69, 9.17) is 0 Å². The van der Waals surface area contributed by atoms with Crippen LogP contribution in [0.2, 0.25) is 0 Å². The third-order valence-corrected chi connectivity index (χ3v) is 4.19. The summed E-state index contributed by atoms with van der Waals surface area (Å²) < 4.78 is 0. The highest BCUT2D eigenvalue weighted by Crippen LogP contribution is 2.20. The van der Waals surface area contributed by atoms with Crippen LogP contribution in [0, 0.1) is 0 Å². The van der Waals surface area contributed by atoms with E-state index in [9.17, 15) is 0 Å². The fraction of sp³-hybridized carbons (Fsp3) is 0.571. The van der Waals surface area contributed by atoms with Crippen molar-refractivity contribution in [2.24, 2.45) is 0 Å². The zero-order valence-corrected chi connectivity index (χ0v) is 12.5. The Morgan fingerprint density at radius 2 is 2.12 bits per heavy atom. The number of benzene rings is 1. The second-order valence-electron chi connectivity index (χ2n) is 4.02. The van der Waals surface area contributed by atoms with Gasteiger partial charge in [0.25, 0.3) is 0 Å². The van der Waals surface area contributed by atoms with E-state index in [1.807, 2.05) is 23.5 Å². The molecule has 0 aliphatic rings. The Morgan fingerprint density at radius 1 is 1.24 bits per heavy atom. The topological polar surface area (TPSA) is 12.0 Å². The van der Waals surface area contributed by atoms with E-state index in [1.165, 1.54) is 34.8 Å². The maximum absolute atomic E-state index is 3.44. The number of hydrogen-bond donors (Lipinski definition) is 1. The van der Waals surface area contributed by atoms with Crippen LogP contribution in [0.3, 0.4) is 0 Å². The first-order valence-corrected chi connectivity index (χ1v) is 8.66. The minimum absolute atomic E-state index is 0.993. The average Bonchev–Trinajstić information content (AvgIpc) is 2.36. The number of hydrogen-bond acceptors (Lipinski definition) is 3. The van der Waals surface area contributed by atoms with Gasteiger partial charge in [-0.2, -0.15) is 11.8 Å². The van der Waals surface area contributed by atoms with Gasteiger partial charge in [-0.25, -0.2) is 0 Å². The van der Waals surface area contributed by atoms with E-state index in [-0.39, 0.29) is 0 Å². The van der Waals surface area contributed by atoms with Gasteiger partial charge in [0.15, 0.2) is 0 Å². The van der Waals surface area contributed by atoms with Crippen LogP contribution in [0.25, 0.3) is 0 Å². The van der Waals surface area contributed by atoms with Gasteiger partial charge in [0.2, 0.25) is 0 Å². The van der Waals surface area contributed by atoms with Crippen LogP contribution in [-0.4, -0.2) is 24.3 Å². The molecule has 1 aromatic carbocycles. The van der Waals surface area contributed by atoms with Crippen molar-refractivity contribution in [3.05, 3.63) is 29.8 Å². The smallest absolute Gasteiger partial charge is 0.0205 e. The molecule has 96 valence electrons. The molecule has 0 aliphatic carbocycles. The van der Waals surface area contributed by atoms with Gasteiger partial charge in [0, 0.05) is 11.4 Å². The SMILES string of the molecule is CCCNCc1cccc(SCCCSC)c1. The average molecular weight is 269 g/mol. The Kier molecular flexibility index (Phi) is 8.67. The molecular formula is C14H23NS2. The largest absolute Gasteiger partial charge is 0.313 e. The predicted molar refractivity (Wildman–Crippen MR) is 82.2 cm³/mol. The predicted octanol–water partition coefficient (Wildman–Crippen LogP) is 4.03. The van der Waals surface area contributed by atoms with E-state index in [2.05, 4.69) is 42.8 Å². The standard InChI is InChI=1S/C14H23NS2/c1-3-8-15-12-13-6-4-7-14(11-13)17-10-5-9-16-2/h4,6-7,11,15H,3,5,8-10,12H2,1-2H3. The third-order valence-electron chi connectivity index (χ3n) is 2.42. The summed E-state index contributed by atoms with van der Waals surface area (Å²) in [5.74, 6) is 2.50. The van der Waals surface area contributed by atoms with Gasteiger partial charge in [-0.05, 0) is 54.8 Å². The summed E-state index contributed by atoms with van der Waals surface area (Å²) in [6, 6.07) is 8.90. The Bertz CT molecular complexity index is 302. The minimum atomic E-state index is 0.993. The van der Waals surface area contributed by atoms with Gasteiger partial charge in [0.1, 0.15) is 0 Å². The van der Waals surface area contributed by atoms with Crippen molar-refractivity contribution in [3.63, 3.8) is 0 Å². The Morgan fingerprint density at radius 3 is 2.88 bits per heavy atom. The lowest BCUT2D eigenvalue weighted by molar-refractivity contribution is 0.674. The van der Waals surface area contributed by atoms with Gasteiger partial charge in [-0.3, -0.25) is 0 Å². The summed E-state index contributed by atoms with van der Waals surface area (Å²) in [4.78, 5) is 1.40. The van der Waals surface area contributed by atoms with Gasteiger partial charge in [-0.1, -0.05) is 19.1 Å². The summed E-state index contributed by atoms with van der Waals surface area (Å²) in [5.41, 5.74) is 1.40. The molecule has 1 rings (SSSR count). The van der Waals surface area contributed by atoms with Crippen molar-refractivity contribution in [1.29, 1.82) is 0 Å². The first-order valence-electron chi connectivity index (χ1n) is 6.28. The molecule has 1 N–H and O–H groups in total. The van der Waals surface area contributed by atoms with Gasteiger partial charge in [-0.15, -0.1) is 11.8 Å². The molecule has 0 amide bonds. The zero-order chi connectivity index (χ0) is 12.3. The first-order chi connectivity index (χ1) is 8.36. The van der Waals surface area contributed by atoms with Crippen molar-refractivity contribution in [1.82, 2.24) is 5.32 Å². The number of thioether (sulfide) groups is 2. The fourth-order valence-electron chi connectivity index (χ4n) is 1.55. The van der Waals surface area contributed by atoms with Crippen LogP contribution in [0.4, 0.5) is 0 Å². The van der Waals surface area contributed by atoms with Gasteiger partial charge >= 0.3 is 0 Å². The molecule has 0 aromatic heterocycles. The van der Waals surface area contributed by atoms with E-state index in [1.54, 1.807) is 0 Å². The molecule has 0 unspecified atom stereocenters. The highest BCUT2D eigenvalue weighted by atomic mass is 32.2. The summed E-state index contributed by atoms with van der Waals surface area (Å²) in [6.07, 6.45) is 4.66. The van der Waals surface area contributed by atoms with E-state index >= 15 is 0 Å². The van der Waals surface area contributed by atoms with Crippen molar-refractivity contribution in [3.8, 4) is 0 Å². The molecule has 0 atom stereocenters. The molecule has 3 heteroatoms. The normalized spacial score (nSPS) is 10.7. The molecule has 1 nitrogen and oxygen atoms in total. The first kappa shape index (κ1) is 14.9. The van der Waals surface area contributed by atoms with Crippen LogP contribution in [0.5, 0.6) is 0 Å². The second kappa shape index (κ2) is 9.86. The summed E-state index contributed by atoms with van der Waals surface area (Å²) >= 11 is 3.90. The second-order valence-corrected chi connectivity index (χ2v) is 6.17. The van der Waals surface area contributed by atoms with E-state index in [0.717, 1.165) is 13.1 Å². The Labute approximate surface area is 114 Å². The van der Waals surface area contributed by atoms with Gasteiger partial charge in [0.05, 0.1) is 0 Å². The van der Waals surface area contributed by atoms with Crippen LogP contribution in [0.1, 0.15) is 25.3 Å². The molecule has 0 spiro atoms. The molecule has 0 radical (unpaired) electrons. The molecule has 17 heavy (non-hydrogen) atoms. The lowest BCUT2D eigenvalue weighted by atomic mass is 10.2. The Hall–Kier alpha value is -0.120. The highest BCUT2D eigenvalue weighted by Gasteiger charge is 1.97. The molecule has 0 fully saturated rings. The third kappa shape index (κ3) is 7.02. The molecule has 0 heterocycles. The lowest BCUT2D eigenvalue weighted by Crippen LogP contribution is -2.13. The maximum Gasteiger partial charge on any atom is 0.0205 e. The van der Waals surface area contributed by atoms with E-state index in [0.29, 0.717) is 0 Å². The van der Waals surface area contributed by atoms with Crippen molar-refractivity contribution in [2.45, 2.75) is 31.2 Å². The molecular weight excluding hydrogens is 246 g/mol. The number of rotatable bonds is 9. The summed E-state index contributed by atoms with van der Waals surface area (Å²) in [5, 5.41) is 3.44. The molecule has 1 aromatic rings. The van der Waals surface area contributed by atoms with Crippen molar-refractivity contribution in [2.75, 3.05) is 24.3 Å². The van der Waals surface area contributed by atoms with Crippen LogP contribution < -0.4 is 5.32 Å². The van der Waals surface area contributed by atoms with Crippen LogP contribution in [0.15, 0.2) is 29.2 Å².